The summed E-state index contributed by atoms with van der Waals surface area (Å²) < 4.78 is 49.1. The van der Waals surface area contributed by atoms with Gasteiger partial charge in [0, 0.05) is 6.08 Å². The van der Waals surface area contributed by atoms with E-state index in [2.05, 4.69) is 5.32 Å². The second-order valence-electron chi connectivity index (χ2n) is 6.02. The maximum Gasteiger partial charge on any atom is 0.416 e. The average molecular weight is 443 g/mol. The van der Waals surface area contributed by atoms with E-state index in [-0.39, 0.29) is 35.0 Å². The molecular weight excluding hydrogens is 431 g/mol. The molecule has 0 aliphatic rings. The van der Waals surface area contributed by atoms with Gasteiger partial charge in [0.25, 0.3) is 5.91 Å². The van der Waals surface area contributed by atoms with Crippen molar-refractivity contribution in [3.05, 3.63) is 76.1 Å². The van der Waals surface area contributed by atoms with Gasteiger partial charge in [-0.1, -0.05) is 6.07 Å². The number of ether oxygens (including phenoxy) is 1. The fraction of sp³-hybridized carbons (Fsp3) is 0.0952. The van der Waals surface area contributed by atoms with Gasteiger partial charge in [-0.25, -0.2) is 0 Å². The van der Waals surface area contributed by atoms with Crippen molar-refractivity contribution in [2.24, 2.45) is 0 Å². The van der Waals surface area contributed by atoms with E-state index in [1.54, 1.807) is 17.5 Å². The van der Waals surface area contributed by atoms with Crippen LogP contribution in [-0.2, 0) is 17.6 Å². The van der Waals surface area contributed by atoms with Crippen LogP contribution in [0, 0.1) is 22.7 Å². The van der Waals surface area contributed by atoms with Crippen LogP contribution < -0.4 is 10.1 Å². The maximum atomic E-state index is 12.8. The Labute approximate surface area is 178 Å². The van der Waals surface area contributed by atoms with Crippen LogP contribution in [0.3, 0.4) is 0 Å². The number of hydrogen-bond acceptors (Lipinski definition) is 6. The summed E-state index contributed by atoms with van der Waals surface area (Å²) in [5.74, 6) is -0.225. The van der Waals surface area contributed by atoms with Gasteiger partial charge in [0.15, 0.2) is 0 Å². The third kappa shape index (κ3) is 5.53. The second-order valence-corrected chi connectivity index (χ2v) is 6.93. The van der Waals surface area contributed by atoms with E-state index in [4.69, 9.17) is 14.4 Å². The van der Waals surface area contributed by atoms with Crippen LogP contribution in [0.5, 0.6) is 5.75 Å². The molecule has 1 amide bonds. The molecule has 0 bridgehead atoms. The molecule has 0 atom stereocenters. The van der Waals surface area contributed by atoms with Gasteiger partial charge in [-0.15, -0.1) is 11.3 Å². The SMILES string of the molecule is N#C/C(=C\c1ccc(COc2cccc(C(F)(F)F)c2)o1)C(=O)Nc1sccc1C#N. The molecule has 3 rings (SSSR count). The van der Waals surface area contributed by atoms with Crippen molar-refractivity contribution in [3.63, 3.8) is 0 Å². The molecule has 0 aliphatic heterocycles. The molecule has 0 fully saturated rings. The molecule has 10 heteroatoms. The summed E-state index contributed by atoms with van der Waals surface area (Å²) in [5, 5.41) is 22.7. The normalized spacial score (nSPS) is 11.5. The number of thiophene rings is 1. The lowest BCUT2D eigenvalue weighted by Gasteiger charge is -2.09. The van der Waals surface area contributed by atoms with Gasteiger partial charge in [-0.05, 0) is 41.8 Å². The average Bonchev–Trinajstić information content (AvgIpc) is 3.39. The Balaban J connectivity index is 1.67. The van der Waals surface area contributed by atoms with E-state index in [0.717, 1.165) is 23.5 Å². The van der Waals surface area contributed by atoms with Gasteiger partial charge in [0.1, 0.15) is 46.6 Å². The number of carbonyl (C=O) groups excluding carboxylic acids is 1. The number of benzene rings is 1. The molecule has 0 saturated heterocycles. The number of rotatable bonds is 6. The second kappa shape index (κ2) is 9.20. The van der Waals surface area contributed by atoms with Crippen molar-refractivity contribution in [1.29, 1.82) is 10.5 Å². The Hall–Kier alpha value is -4.02. The van der Waals surface area contributed by atoms with Crippen molar-refractivity contribution in [3.8, 4) is 17.9 Å². The smallest absolute Gasteiger partial charge is 0.416 e. The number of nitrogens with zero attached hydrogens (tertiary/aromatic N) is 2. The molecule has 1 aromatic carbocycles. The Morgan fingerprint density at radius 3 is 2.74 bits per heavy atom. The standard InChI is InChI=1S/C21H12F3N3O3S/c22-21(23,24)15-2-1-3-16(9-15)29-12-18-5-4-17(30-18)8-14(11-26)19(28)27-20-13(10-25)6-7-31-20/h1-9H,12H2,(H,27,28)/b14-8+. The molecule has 3 aromatic rings. The minimum atomic E-state index is -4.48. The molecule has 0 spiro atoms. The zero-order valence-corrected chi connectivity index (χ0v) is 16.4. The van der Waals surface area contributed by atoms with Gasteiger partial charge in [0.05, 0.1) is 11.1 Å². The van der Waals surface area contributed by atoms with Crippen LogP contribution >= 0.6 is 11.3 Å². The zero-order valence-electron chi connectivity index (χ0n) is 15.6. The van der Waals surface area contributed by atoms with E-state index in [1.807, 2.05) is 6.07 Å². The highest BCUT2D eigenvalue weighted by Gasteiger charge is 2.30. The number of anilines is 1. The van der Waals surface area contributed by atoms with Crippen LogP contribution in [0.25, 0.3) is 6.08 Å². The number of nitrogens with one attached hydrogen (secondary N) is 1. The summed E-state index contributed by atoms with van der Waals surface area (Å²) in [6.07, 6.45) is -3.27. The molecular formula is C21H12F3N3O3S. The van der Waals surface area contributed by atoms with E-state index < -0.39 is 17.6 Å². The number of furan rings is 1. The lowest BCUT2D eigenvalue weighted by molar-refractivity contribution is -0.137. The number of carbonyl (C=O) groups is 1. The van der Waals surface area contributed by atoms with Crippen molar-refractivity contribution in [2.75, 3.05) is 5.32 Å². The Morgan fingerprint density at radius 1 is 1.23 bits per heavy atom. The molecule has 0 saturated carbocycles. The minimum Gasteiger partial charge on any atom is -0.486 e. The summed E-state index contributed by atoms with van der Waals surface area (Å²) in [6.45, 7) is -0.149. The Bertz CT molecular complexity index is 1210. The van der Waals surface area contributed by atoms with Crippen LogP contribution in [0.1, 0.15) is 22.6 Å². The van der Waals surface area contributed by atoms with Crippen molar-refractivity contribution in [1.82, 2.24) is 0 Å². The highest BCUT2D eigenvalue weighted by molar-refractivity contribution is 7.14. The molecule has 31 heavy (non-hydrogen) atoms. The zero-order chi connectivity index (χ0) is 22.4. The quantitative estimate of drug-likeness (QED) is 0.409. The Morgan fingerprint density at radius 2 is 2.03 bits per heavy atom. The predicted octanol–water partition coefficient (Wildman–Crippen LogP) is 5.36. The third-order valence-electron chi connectivity index (χ3n) is 3.89. The van der Waals surface area contributed by atoms with E-state index >= 15 is 0 Å². The fourth-order valence-electron chi connectivity index (χ4n) is 2.42. The number of alkyl halides is 3. The van der Waals surface area contributed by atoms with Crippen molar-refractivity contribution in [2.45, 2.75) is 12.8 Å². The molecule has 2 aromatic heterocycles. The lowest BCUT2D eigenvalue weighted by Crippen LogP contribution is -2.13. The number of halogens is 3. The van der Waals surface area contributed by atoms with Crippen LogP contribution in [-0.4, -0.2) is 5.91 Å². The molecule has 6 nitrogen and oxygen atoms in total. The molecule has 0 radical (unpaired) electrons. The topological polar surface area (TPSA) is 99.0 Å². The predicted molar refractivity (Wildman–Crippen MR) is 106 cm³/mol. The first-order valence-corrected chi connectivity index (χ1v) is 9.47. The largest absolute Gasteiger partial charge is 0.486 e. The summed E-state index contributed by atoms with van der Waals surface area (Å²) in [5.41, 5.74) is -0.803. The monoisotopic (exact) mass is 443 g/mol. The van der Waals surface area contributed by atoms with Gasteiger partial charge in [-0.3, -0.25) is 4.79 Å². The van der Waals surface area contributed by atoms with Crippen molar-refractivity contribution < 1.29 is 27.1 Å². The number of amides is 1. The minimum absolute atomic E-state index is 0.0182. The lowest BCUT2D eigenvalue weighted by atomic mass is 10.2. The molecule has 0 aliphatic carbocycles. The van der Waals surface area contributed by atoms with Crippen LogP contribution in [0.4, 0.5) is 18.2 Å². The molecule has 1 N–H and O–H groups in total. The van der Waals surface area contributed by atoms with Gasteiger partial charge < -0.3 is 14.5 Å². The number of nitriles is 2. The van der Waals surface area contributed by atoms with Gasteiger partial charge >= 0.3 is 6.18 Å². The number of hydrogen-bond donors (Lipinski definition) is 1. The Kier molecular flexibility index (Phi) is 6.43. The summed E-state index contributed by atoms with van der Waals surface area (Å²) in [7, 11) is 0. The third-order valence-corrected chi connectivity index (χ3v) is 4.72. The maximum absolute atomic E-state index is 12.8. The molecule has 0 unspecified atom stereocenters. The van der Waals surface area contributed by atoms with Crippen LogP contribution in [0.2, 0.25) is 0 Å². The first kappa shape index (κ1) is 21.7. The van der Waals surface area contributed by atoms with Crippen LogP contribution in [0.15, 0.2) is 57.8 Å². The highest BCUT2D eigenvalue weighted by Crippen LogP contribution is 2.31. The van der Waals surface area contributed by atoms with E-state index in [9.17, 15) is 23.2 Å². The fourth-order valence-corrected chi connectivity index (χ4v) is 3.15. The van der Waals surface area contributed by atoms with Gasteiger partial charge in [0.2, 0.25) is 0 Å². The van der Waals surface area contributed by atoms with E-state index in [0.29, 0.717) is 5.00 Å². The molecule has 2 heterocycles. The first-order chi connectivity index (χ1) is 14.8. The van der Waals surface area contributed by atoms with E-state index in [1.165, 1.54) is 30.3 Å². The molecule has 156 valence electrons. The van der Waals surface area contributed by atoms with Crippen molar-refractivity contribution >= 4 is 28.3 Å². The van der Waals surface area contributed by atoms with Gasteiger partial charge in [-0.2, -0.15) is 23.7 Å². The first-order valence-electron chi connectivity index (χ1n) is 8.59. The summed E-state index contributed by atoms with van der Waals surface area (Å²) >= 11 is 1.15. The highest BCUT2D eigenvalue weighted by atomic mass is 32.1. The summed E-state index contributed by atoms with van der Waals surface area (Å²) in [4.78, 5) is 12.3. The summed E-state index contributed by atoms with van der Waals surface area (Å²) in [6, 6.07) is 12.7.